The molecule has 4 heteroatoms. The summed E-state index contributed by atoms with van der Waals surface area (Å²) in [5.74, 6) is -0.936. The Bertz CT molecular complexity index is 847. The minimum Gasteiger partial charge on any atom is -0.345 e. The lowest BCUT2D eigenvalue weighted by Crippen LogP contribution is -2.30. The quantitative estimate of drug-likeness (QED) is 0.734. The molecule has 0 saturated carbocycles. The van der Waals surface area contributed by atoms with Crippen molar-refractivity contribution in [3.63, 3.8) is 0 Å². The number of amides is 1. The van der Waals surface area contributed by atoms with E-state index >= 15 is 0 Å². The van der Waals surface area contributed by atoms with Gasteiger partial charge in [0.25, 0.3) is 0 Å². The highest BCUT2D eigenvalue weighted by Gasteiger charge is 2.17. The second-order valence-corrected chi connectivity index (χ2v) is 5.77. The van der Waals surface area contributed by atoms with Crippen LogP contribution in [0.15, 0.2) is 78.9 Å². The fourth-order valence-corrected chi connectivity index (χ4v) is 2.70. The predicted octanol–water partition coefficient (Wildman–Crippen LogP) is 4.41. The predicted molar refractivity (Wildman–Crippen MR) is 92.9 cm³/mol. The van der Waals surface area contributed by atoms with Gasteiger partial charge in [0.1, 0.15) is 11.6 Å². The molecule has 1 N–H and O–H groups in total. The average molecular weight is 337 g/mol. The van der Waals surface area contributed by atoms with Crippen LogP contribution in [0.3, 0.4) is 0 Å². The molecule has 126 valence electrons. The van der Waals surface area contributed by atoms with E-state index in [0.29, 0.717) is 5.56 Å². The molecule has 0 aliphatic rings. The van der Waals surface area contributed by atoms with Gasteiger partial charge in [0.15, 0.2) is 0 Å². The second kappa shape index (κ2) is 7.71. The summed E-state index contributed by atoms with van der Waals surface area (Å²) < 4.78 is 26.5. The van der Waals surface area contributed by atoms with Gasteiger partial charge in [-0.25, -0.2) is 8.78 Å². The summed E-state index contributed by atoms with van der Waals surface area (Å²) in [5, 5.41) is 2.95. The molecule has 2 nitrogen and oxygen atoms in total. The summed E-state index contributed by atoms with van der Waals surface area (Å²) in [5.41, 5.74) is 2.27. The molecule has 0 aliphatic carbocycles. The minimum atomic E-state index is -0.400. The standard InChI is InChI=1S/C21H17F2NO/c22-18-11-9-17(10-12-18)21(16-6-2-1-3-7-16)24-20(25)14-15-5-4-8-19(23)13-15/h1-13,21H,14H2,(H,24,25). The van der Waals surface area contributed by atoms with E-state index in [1.807, 2.05) is 30.3 Å². The SMILES string of the molecule is O=C(Cc1cccc(F)c1)NC(c1ccccc1)c1ccc(F)cc1. The van der Waals surface area contributed by atoms with Gasteiger partial charge in [-0.3, -0.25) is 4.79 Å². The first-order chi connectivity index (χ1) is 12.1. The summed E-state index contributed by atoms with van der Waals surface area (Å²) in [6.45, 7) is 0. The van der Waals surface area contributed by atoms with Gasteiger partial charge in [0.05, 0.1) is 12.5 Å². The van der Waals surface area contributed by atoms with Crippen LogP contribution in [-0.2, 0) is 11.2 Å². The molecule has 0 aromatic heterocycles. The van der Waals surface area contributed by atoms with Crippen molar-refractivity contribution < 1.29 is 13.6 Å². The van der Waals surface area contributed by atoms with E-state index in [0.717, 1.165) is 11.1 Å². The Balaban J connectivity index is 1.82. The lowest BCUT2D eigenvalue weighted by Gasteiger charge is -2.20. The van der Waals surface area contributed by atoms with E-state index < -0.39 is 6.04 Å². The van der Waals surface area contributed by atoms with Crippen LogP contribution in [0.2, 0.25) is 0 Å². The van der Waals surface area contributed by atoms with E-state index in [2.05, 4.69) is 5.32 Å². The van der Waals surface area contributed by atoms with Crippen molar-refractivity contribution in [1.29, 1.82) is 0 Å². The average Bonchev–Trinajstić information content (AvgIpc) is 2.61. The monoisotopic (exact) mass is 337 g/mol. The zero-order valence-electron chi connectivity index (χ0n) is 13.5. The van der Waals surface area contributed by atoms with E-state index in [1.165, 1.54) is 24.3 Å². The molecule has 3 aromatic rings. The minimum absolute atomic E-state index is 0.0717. The molecular weight excluding hydrogens is 320 g/mol. The maximum atomic E-state index is 13.3. The van der Waals surface area contributed by atoms with Gasteiger partial charge in [-0.05, 0) is 41.0 Å². The number of hydrogen-bond donors (Lipinski definition) is 1. The number of carbonyl (C=O) groups excluding carboxylic acids is 1. The van der Waals surface area contributed by atoms with E-state index in [4.69, 9.17) is 0 Å². The number of carbonyl (C=O) groups is 1. The first-order valence-corrected chi connectivity index (χ1v) is 7.96. The van der Waals surface area contributed by atoms with Gasteiger partial charge in [-0.15, -0.1) is 0 Å². The molecule has 0 saturated heterocycles. The smallest absolute Gasteiger partial charge is 0.225 e. The van der Waals surface area contributed by atoms with Crippen LogP contribution in [0.1, 0.15) is 22.7 Å². The zero-order chi connectivity index (χ0) is 17.6. The molecule has 0 spiro atoms. The molecule has 0 bridgehead atoms. The second-order valence-electron chi connectivity index (χ2n) is 5.77. The first kappa shape index (κ1) is 16.8. The number of nitrogens with one attached hydrogen (secondary N) is 1. The summed E-state index contributed by atoms with van der Waals surface area (Å²) >= 11 is 0. The molecule has 25 heavy (non-hydrogen) atoms. The summed E-state index contributed by atoms with van der Waals surface area (Å²) in [6, 6.07) is 21.0. The van der Waals surface area contributed by atoms with Gasteiger partial charge < -0.3 is 5.32 Å². The summed E-state index contributed by atoms with van der Waals surface area (Å²) in [7, 11) is 0. The highest BCUT2D eigenvalue weighted by Crippen LogP contribution is 2.22. The fourth-order valence-electron chi connectivity index (χ4n) is 2.70. The van der Waals surface area contributed by atoms with Crippen molar-refractivity contribution in [3.05, 3.63) is 107 Å². The Morgan fingerprint density at radius 2 is 1.48 bits per heavy atom. The zero-order valence-corrected chi connectivity index (χ0v) is 13.5. The lowest BCUT2D eigenvalue weighted by atomic mass is 9.98. The highest BCUT2D eigenvalue weighted by atomic mass is 19.1. The highest BCUT2D eigenvalue weighted by molar-refractivity contribution is 5.79. The first-order valence-electron chi connectivity index (χ1n) is 7.96. The van der Waals surface area contributed by atoms with Crippen molar-refractivity contribution >= 4 is 5.91 Å². The van der Waals surface area contributed by atoms with Crippen LogP contribution in [0, 0.1) is 11.6 Å². The fraction of sp³-hybridized carbons (Fsp3) is 0.0952. The number of benzene rings is 3. The maximum absolute atomic E-state index is 13.3. The van der Waals surface area contributed by atoms with Crippen LogP contribution in [0.25, 0.3) is 0 Å². The van der Waals surface area contributed by atoms with Crippen LogP contribution < -0.4 is 5.32 Å². The molecule has 1 amide bonds. The van der Waals surface area contributed by atoms with Gasteiger partial charge in [0, 0.05) is 0 Å². The molecule has 0 radical (unpaired) electrons. The van der Waals surface area contributed by atoms with E-state index in [9.17, 15) is 13.6 Å². The number of hydrogen-bond acceptors (Lipinski definition) is 1. The normalized spacial score (nSPS) is 11.8. The molecule has 3 rings (SSSR count). The third-order valence-corrected chi connectivity index (χ3v) is 3.90. The number of rotatable bonds is 5. The van der Waals surface area contributed by atoms with Crippen molar-refractivity contribution in [2.24, 2.45) is 0 Å². The molecule has 0 aliphatic heterocycles. The molecule has 1 unspecified atom stereocenters. The van der Waals surface area contributed by atoms with Gasteiger partial charge in [0.2, 0.25) is 5.91 Å². The number of halogens is 2. The van der Waals surface area contributed by atoms with E-state index in [1.54, 1.807) is 24.3 Å². The van der Waals surface area contributed by atoms with Crippen molar-refractivity contribution in [2.75, 3.05) is 0 Å². The Kier molecular flexibility index (Phi) is 5.19. The van der Waals surface area contributed by atoms with Crippen LogP contribution in [-0.4, -0.2) is 5.91 Å². The molecular formula is C21H17F2NO. The Morgan fingerprint density at radius 1 is 0.800 bits per heavy atom. The van der Waals surface area contributed by atoms with Crippen LogP contribution in [0.4, 0.5) is 8.78 Å². The third kappa shape index (κ3) is 4.51. The maximum Gasteiger partial charge on any atom is 0.225 e. The molecule has 3 aromatic carbocycles. The molecule has 1 atom stereocenters. The summed E-state index contributed by atoms with van der Waals surface area (Å²) in [6.07, 6.45) is 0.0717. The van der Waals surface area contributed by atoms with Gasteiger partial charge in [-0.1, -0.05) is 54.6 Å². The van der Waals surface area contributed by atoms with E-state index in [-0.39, 0.29) is 24.0 Å². The van der Waals surface area contributed by atoms with Crippen molar-refractivity contribution in [1.82, 2.24) is 5.32 Å². The van der Waals surface area contributed by atoms with Crippen LogP contribution in [0.5, 0.6) is 0 Å². The Hall–Kier alpha value is -3.01. The third-order valence-electron chi connectivity index (χ3n) is 3.90. The van der Waals surface area contributed by atoms with Gasteiger partial charge in [-0.2, -0.15) is 0 Å². The largest absolute Gasteiger partial charge is 0.345 e. The molecule has 0 heterocycles. The van der Waals surface area contributed by atoms with Crippen LogP contribution >= 0.6 is 0 Å². The van der Waals surface area contributed by atoms with Crippen molar-refractivity contribution in [2.45, 2.75) is 12.5 Å². The van der Waals surface area contributed by atoms with Gasteiger partial charge >= 0.3 is 0 Å². The van der Waals surface area contributed by atoms with Crippen molar-refractivity contribution in [3.8, 4) is 0 Å². The topological polar surface area (TPSA) is 29.1 Å². The Morgan fingerprint density at radius 3 is 2.16 bits per heavy atom. The Labute approximate surface area is 145 Å². The lowest BCUT2D eigenvalue weighted by molar-refractivity contribution is -0.120. The summed E-state index contributed by atoms with van der Waals surface area (Å²) in [4.78, 5) is 12.4. The molecule has 0 fully saturated rings.